The number of hydrogen-bond acceptors (Lipinski definition) is 5. The van der Waals surface area contributed by atoms with Crippen LogP contribution in [-0.2, 0) is 0 Å². The molecule has 2 aromatic carbocycles. The average molecular weight is 499 g/mol. The number of imidazole rings is 1. The standard InChI is InChI=1S/C25H21F4N5O2/c26-16-2-1-3-17(11-16)36-22-12-20(31-9-8-25(27,28)29)24-32-13-21(34(24)33-22)15-6-7-18(23(30)35)19(10-15)14-4-5-14/h1-3,6-7,10-14,31H,4-5,8-9H2,(H2,30,35). The van der Waals surface area contributed by atoms with E-state index >= 15 is 0 Å². The van der Waals surface area contributed by atoms with Gasteiger partial charge in [-0.05, 0) is 48.6 Å². The first kappa shape index (κ1) is 23.6. The van der Waals surface area contributed by atoms with Crippen LogP contribution in [0, 0.1) is 5.82 Å². The number of nitrogens with zero attached hydrogens (tertiary/aromatic N) is 3. The second kappa shape index (κ2) is 9.14. The first-order valence-corrected chi connectivity index (χ1v) is 11.2. The van der Waals surface area contributed by atoms with Gasteiger partial charge in [0.2, 0.25) is 11.8 Å². The van der Waals surface area contributed by atoms with E-state index in [9.17, 15) is 22.4 Å². The molecule has 0 bridgehead atoms. The number of fused-ring (bicyclic) bond motifs is 1. The molecule has 0 saturated heterocycles. The van der Waals surface area contributed by atoms with Gasteiger partial charge in [0.05, 0.1) is 24.0 Å². The summed E-state index contributed by atoms with van der Waals surface area (Å²) in [6.07, 6.45) is -1.94. The lowest BCUT2D eigenvalue weighted by molar-refractivity contribution is -0.131. The number of aromatic nitrogens is 3. The molecule has 0 atom stereocenters. The third-order valence-electron chi connectivity index (χ3n) is 5.82. The number of benzene rings is 2. The molecule has 2 heterocycles. The Labute approximate surface area is 202 Å². The zero-order valence-corrected chi connectivity index (χ0v) is 18.8. The molecule has 36 heavy (non-hydrogen) atoms. The van der Waals surface area contributed by atoms with Crippen LogP contribution < -0.4 is 15.8 Å². The Morgan fingerprint density at radius 2 is 1.97 bits per heavy atom. The van der Waals surface area contributed by atoms with Crippen molar-refractivity contribution in [2.75, 3.05) is 11.9 Å². The van der Waals surface area contributed by atoms with Gasteiger partial charge in [0.25, 0.3) is 0 Å². The van der Waals surface area contributed by atoms with Crippen LogP contribution in [0.5, 0.6) is 11.6 Å². The number of alkyl halides is 3. The van der Waals surface area contributed by atoms with Crippen molar-refractivity contribution in [1.29, 1.82) is 0 Å². The fourth-order valence-corrected chi connectivity index (χ4v) is 3.99. The lowest BCUT2D eigenvalue weighted by atomic mass is 9.98. The normalized spacial score (nSPS) is 13.7. The minimum Gasteiger partial charge on any atom is -0.437 e. The summed E-state index contributed by atoms with van der Waals surface area (Å²) in [7, 11) is 0. The van der Waals surface area contributed by atoms with Crippen molar-refractivity contribution in [2.24, 2.45) is 5.73 Å². The van der Waals surface area contributed by atoms with Crippen molar-refractivity contribution in [2.45, 2.75) is 31.4 Å². The van der Waals surface area contributed by atoms with Crippen LogP contribution >= 0.6 is 0 Å². The van der Waals surface area contributed by atoms with Gasteiger partial charge in [0.1, 0.15) is 11.6 Å². The molecule has 1 saturated carbocycles. The summed E-state index contributed by atoms with van der Waals surface area (Å²) in [6, 6.07) is 12.1. The van der Waals surface area contributed by atoms with Crippen molar-refractivity contribution in [3.63, 3.8) is 0 Å². The number of halogens is 4. The van der Waals surface area contributed by atoms with Gasteiger partial charge in [-0.15, -0.1) is 5.10 Å². The molecule has 5 rings (SSSR count). The first-order valence-electron chi connectivity index (χ1n) is 11.2. The number of rotatable bonds is 8. The average Bonchev–Trinajstić information content (AvgIpc) is 3.57. The van der Waals surface area contributed by atoms with Crippen molar-refractivity contribution in [3.8, 4) is 22.9 Å². The monoisotopic (exact) mass is 499 g/mol. The third kappa shape index (κ3) is 5.09. The Hall–Kier alpha value is -4.15. The molecule has 4 aromatic rings. The molecule has 0 radical (unpaired) electrons. The van der Waals surface area contributed by atoms with Gasteiger partial charge < -0.3 is 15.8 Å². The Balaban J connectivity index is 1.58. The number of carbonyl (C=O) groups excluding carboxylic acids is 1. The molecule has 11 heteroatoms. The lowest BCUT2D eigenvalue weighted by Gasteiger charge is -2.13. The van der Waals surface area contributed by atoms with Crippen LogP contribution in [0.1, 0.15) is 41.1 Å². The summed E-state index contributed by atoms with van der Waals surface area (Å²) in [5.74, 6) is -0.583. The molecule has 186 valence electrons. The molecule has 1 aliphatic carbocycles. The molecule has 1 fully saturated rings. The minimum atomic E-state index is -4.33. The summed E-state index contributed by atoms with van der Waals surface area (Å²) in [5, 5.41) is 7.21. The number of amides is 1. The summed E-state index contributed by atoms with van der Waals surface area (Å²) in [5.41, 5.74) is 8.61. The highest BCUT2D eigenvalue weighted by molar-refractivity contribution is 5.95. The number of hydrogen-bond donors (Lipinski definition) is 2. The van der Waals surface area contributed by atoms with E-state index in [0.717, 1.165) is 18.4 Å². The highest BCUT2D eigenvalue weighted by Crippen LogP contribution is 2.43. The van der Waals surface area contributed by atoms with E-state index in [1.54, 1.807) is 18.3 Å². The molecular formula is C25H21F4N5O2. The molecule has 7 nitrogen and oxygen atoms in total. The third-order valence-corrected chi connectivity index (χ3v) is 5.82. The molecule has 3 N–H and O–H groups in total. The number of nitrogens with one attached hydrogen (secondary N) is 1. The molecular weight excluding hydrogens is 478 g/mol. The zero-order chi connectivity index (χ0) is 25.4. The van der Waals surface area contributed by atoms with Gasteiger partial charge in [-0.3, -0.25) is 4.79 Å². The topological polar surface area (TPSA) is 94.5 Å². The van der Waals surface area contributed by atoms with Crippen LogP contribution in [-0.4, -0.2) is 33.2 Å². The van der Waals surface area contributed by atoms with Gasteiger partial charge in [0, 0.05) is 29.8 Å². The minimum absolute atomic E-state index is 0.0260. The second-order valence-corrected chi connectivity index (χ2v) is 8.57. The predicted molar refractivity (Wildman–Crippen MR) is 125 cm³/mol. The summed E-state index contributed by atoms with van der Waals surface area (Å²) >= 11 is 0. The highest BCUT2D eigenvalue weighted by atomic mass is 19.4. The number of primary amides is 1. The van der Waals surface area contributed by atoms with Gasteiger partial charge in [-0.1, -0.05) is 12.1 Å². The largest absolute Gasteiger partial charge is 0.437 e. The maximum absolute atomic E-state index is 13.6. The van der Waals surface area contributed by atoms with Crippen LogP contribution in [0.4, 0.5) is 23.2 Å². The van der Waals surface area contributed by atoms with E-state index in [2.05, 4.69) is 15.4 Å². The Kier molecular flexibility index (Phi) is 5.99. The number of nitrogens with two attached hydrogens (primary N) is 1. The molecule has 0 aliphatic heterocycles. The fraction of sp³-hybridized carbons (Fsp3) is 0.240. The quantitative estimate of drug-likeness (QED) is 0.305. The number of anilines is 1. The summed E-state index contributed by atoms with van der Waals surface area (Å²) in [4.78, 5) is 16.3. The Morgan fingerprint density at radius 3 is 2.67 bits per heavy atom. The van der Waals surface area contributed by atoms with E-state index in [1.807, 2.05) is 6.07 Å². The summed E-state index contributed by atoms with van der Waals surface area (Å²) < 4.78 is 59.0. The van der Waals surface area contributed by atoms with E-state index in [0.29, 0.717) is 16.8 Å². The van der Waals surface area contributed by atoms with Crippen LogP contribution in [0.25, 0.3) is 16.9 Å². The van der Waals surface area contributed by atoms with Crippen LogP contribution in [0.15, 0.2) is 54.7 Å². The maximum atomic E-state index is 13.6. The Morgan fingerprint density at radius 1 is 1.17 bits per heavy atom. The zero-order valence-electron chi connectivity index (χ0n) is 18.8. The highest BCUT2D eigenvalue weighted by Gasteiger charge is 2.29. The van der Waals surface area contributed by atoms with Gasteiger partial charge in [-0.25, -0.2) is 13.9 Å². The van der Waals surface area contributed by atoms with Crippen molar-refractivity contribution >= 4 is 17.2 Å². The maximum Gasteiger partial charge on any atom is 0.390 e. The fourth-order valence-electron chi connectivity index (χ4n) is 3.99. The predicted octanol–water partition coefficient (Wildman–Crippen LogP) is 5.67. The first-order chi connectivity index (χ1) is 17.2. The van der Waals surface area contributed by atoms with E-state index in [-0.39, 0.29) is 35.4 Å². The van der Waals surface area contributed by atoms with Crippen molar-refractivity contribution < 1.29 is 27.1 Å². The lowest BCUT2D eigenvalue weighted by Crippen LogP contribution is -2.15. The molecule has 1 aliphatic rings. The molecule has 0 unspecified atom stereocenters. The second-order valence-electron chi connectivity index (χ2n) is 8.57. The van der Waals surface area contributed by atoms with Gasteiger partial charge >= 0.3 is 6.18 Å². The molecule has 0 spiro atoms. The summed E-state index contributed by atoms with van der Waals surface area (Å²) in [6.45, 7) is -0.385. The number of ether oxygens (including phenoxy) is 1. The van der Waals surface area contributed by atoms with Crippen molar-refractivity contribution in [1.82, 2.24) is 14.6 Å². The molecule has 2 aromatic heterocycles. The van der Waals surface area contributed by atoms with Gasteiger partial charge in [-0.2, -0.15) is 13.2 Å². The van der Waals surface area contributed by atoms with E-state index in [1.165, 1.54) is 34.8 Å². The van der Waals surface area contributed by atoms with Gasteiger partial charge in [0.15, 0.2) is 5.65 Å². The Bertz CT molecular complexity index is 1450. The molecule has 1 amide bonds. The van der Waals surface area contributed by atoms with Crippen LogP contribution in [0.3, 0.4) is 0 Å². The SMILES string of the molecule is NC(=O)c1ccc(-c2cnc3c(NCCC(F)(F)F)cc(Oc4cccc(F)c4)nn23)cc1C1CC1. The van der Waals surface area contributed by atoms with Crippen molar-refractivity contribution in [3.05, 3.63) is 71.7 Å². The van der Waals surface area contributed by atoms with Crippen LogP contribution in [0.2, 0.25) is 0 Å². The smallest absolute Gasteiger partial charge is 0.390 e. The van der Waals surface area contributed by atoms with E-state index < -0.39 is 24.3 Å². The number of carbonyl (C=O) groups is 1. The van der Waals surface area contributed by atoms with E-state index in [4.69, 9.17) is 10.5 Å².